The number of nitrogens with one attached hydrogen (secondary N) is 1. The molecule has 1 heterocycles. The van der Waals surface area contributed by atoms with Gasteiger partial charge in [0.2, 0.25) is 0 Å². The Labute approximate surface area is 157 Å². The van der Waals surface area contributed by atoms with Crippen molar-refractivity contribution < 1.29 is 17.4 Å². The molecule has 0 aliphatic rings. The normalized spacial score (nSPS) is 11.1. The van der Waals surface area contributed by atoms with Crippen molar-refractivity contribution >= 4 is 50.0 Å². The molecule has 0 radical (unpaired) electrons. The minimum absolute atomic E-state index is 0.0598. The molecule has 0 saturated heterocycles. The Hall–Kier alpha value is -1.83. The van der Waals surface area contributed by atoms with Gasteiger partial charge in [0.15, 0.2) is 5.69 Å². The molecule has 5 nitrogen and oxygen atoms in total. The van der Waals surface area contributed by atoms with E-state index < -0.39 is 11.7 Å². The predicted octanol–water partition coefficient (Wildman–Crippen LogP) is 3.91. The van der Waals surface area contributed by atoms with E-state index in [9.17, 15) is 17.4 Å². The topological polar surface area (TPSA) is 70.7 Å². The van der Waals surface area contributed by atoms with E-state index in [1.165, 1.54) is 10.0 Å². The van der Waals surface area contributed by atoms with Gasteiger partial charge in [0.1, 0.15) is 11.9 Å². The highest BCUT2D eigenvalue weighted by Gasteiger charge is 2.32. The van der Waals surface area contributed by atoms with Gasteiger partial charge in [-0.15, -0.1) is 0 Å². The van der Waals surface area contributed by atoms with Gasteiger partial charge in [-0.05, 0) is 35.0 Å². The number of nitriles is 1. The van der Waals surface area contributed by atoms with Crippen LogP contribution in [-0.2, 0) is 17.4 Å². The van der Waals surface area contributed by atoms with Crippen LogP contribution in [0.1, 0.15) is 16.8 Å². The van der Waals surface area contributed by atoms with Gasteiger partial charge >= 0.3 is 6.18 Å². The van der Waals surface area contributed by atoms with Crippen LogP contribution < -0.4 is 5.32 Å². The number of anilines is 1. The third-order valence-electron chi connectivity index (χ3n) is 3.21. The van der Waals surface area contributed by atoms with Crippen molar-refractivity contribution in [2.45, 2.75) is 13.1 Å². The van der Waals surface area contributed by atoms with Gasteiger partial charge in [0.25, 0.3) is 0 Å². The lowest BCUT2D eigenvalue weighted by Gasteiger charge is -2.15. The Morgan fingerprint density at radius 1 is 1.52 bits per heavy atom. The van der Waals surface area contributed by atoms with Gasteiger partial charge in [-0.3, -0.25) is 0 Å². The summed E-state index contributed by atoms with van der Waals surface area (Å²) < 4.78 is 50.5. The highest BCUT2D eigenvalue weighted by molar-refractivity contribution is 9.10. The largest absolute Gasteiger partial charge is 0.416 e. The van der Waals surface area contributed by atoms with Gasteiger partial charge in [-0.25, -0.2) is 8.89 Å². The second kappa shape index (κ2) is 7.59. The summed E-state index contributed by atoms with van der Waals surface area (Å²) in [6.45, 7) is 1.79. The molecule has 0 aliphatic carbocycles. The summed E-state index contributed by atoms with van der Waals surface area (Å²) in [6.07, 6.45) is -4.55. The lowest BCUT2D eigenvalue weighted by Crippen LogP contribution is -2.11. The summed E-state index contributed by atoms with van der Waals surface area (Å²) in [7, 11) is 0. The number of hydrogen-bond acceptors (Lipinski definition) is 4. The van der Waals surface area contributed by atoms with E-state index in [-0.39, 0.29) is 38.7 Å². The van der Waals surface area contributed by atoms with Crippen molar-refractivity contribution in [3.05, 3.63) is 38.4 Å². The maximum Gasteiger partial charge on any atom is 0.416 e. The zero-order valence-corrected chi connectivity index (χ0v) is 15.6. The minimum Gasteiger partial charge on any atom is -0.365 e. The Morgan fingerprint density at radius 2 is 2.20 bits per heavy atom. The quantitative estimate of drug-likeness (QED) is 0.713. The minimum atomic E-state index is -4.55. The van der Waals surface area contributed by atoms with Crippen molar-refractivity contribution in [1.29, 1.82) is 5.26 Å². The lowest BCUT2D eigenvalue weighted by atomic mass is 10.2. The summed E-state index contributed by atoms with van der Waals surface area (Å²) in [5.74, 6) is 0.351. The van der Waals surface area contributed by atoms with Gasteiger partial charge in [-0.1, -0.05) is 11.6 Å². The zero-order chi connectivity index (χ0) is 18.8. The van der Waals surface area contributed by atoms with Gasteiger partial charge in [0.05, 0.1) is 27.5 Å². The number of alkyl halides is 3. The number of aromatic nitrogens is 2. The summed E-state index contributed by atoms with van der Waals surface area (Å²) in [4.78, 5) is 0. The van der Waals surface area contributed by atoms with Crippen LogP contribution in [0.15, 0.2) is 16.6 Å². The van der Waals surface area contributed by atoms with E-state index in [2.05, 4.69) is 26.3 Å². The van der Waals surface area contributed by atoms with E-state index in [0.717, 1.165) is 12.1 Å². The third kappa shape index (κ3) is 4.05. The monoisotopic (exact) mass is 452 g/mol. The van der Waals surface area contributed by atoms with Crippen LogP contribution in [0.2, 0.25) is 5.02 Å². The molecule has 2 aromatic rings. The fourth-order valence-electron chi connectivity index (χ4n) is 2.08. The molecule has 11 heteroatoms. The maximum atomic E-state index is 12.9. The second-order valence-corrected chi connectivity index (χ2v) is 6.56. The molecule has 0 saturated carbocycles. The molecule has 0 amide bonds. The summed E-state index contributed by atoms with van der Waals surface area (Å²) >= 11 is 9.39. The van der Waals surface area contributed by atoms with Crippen molar-refractivity contribution in [2.75, 3.05) is 11.9 Å². The fraction of sp³-hybridized carbons (Fsp3) is 0.214. The number of benzene rings is 1. The van der Waals surface area contributed by atoms with Crippen LogP contribution in [0.5, 0.6) is 0 Å². The van der Waals surface area contributed by atoms with Crippen LogP contribution >= 0.6 is 27.5 Å². The van der Waals surface area contributed by atoms with Crippen LogP contribution in [0, 0.1) is 18.3 Å². The molecule has 132 valence electrons. The smallest absolute Gasteiger partial charge is 0.365 e. The number of rotatable bonds is 4. The SMILES string of the molecule is Cc1c(C#N)nn(-c2c(Cl)cc(C(F)(F)F)cc2Br)c1NCC=S=O. The molecule has 1 aromatic carbocycles. The summed E-state index contributed by atoms with van der Waals surface area (Å²) in [6, 6.07) is 3.57. The first kappa shape index (κ1) is 19.5. The summed E-state index contributed by atoms with van der Waals surface area (Å²) in [5, 5.41) is 17.3. The van der Waals surface area contributed by atoms with E-state index in [1.54, 1.807) is 6.92 Å². The molecule has 0 aliphatic heterocycles. The first-order chi connectivity index (χ1) is 11.7. The highest BCUT2D eigenvalue weighted by Crippen LogP contribution is 2.39. The molecule has 1 aromatic heterocycles. The second-order valence-electron chi connectivity index (χ2n) is 4.78. The fourth-order valence-corrected chi connectivity index (χ4v) is 3.27. The molecule has 1 N–H and O–H groups in total. The van der Waals surface area contributed by atoms with Gasteiger partial charge in [-0.2, -0.15) is 23.5 Å². The van der Waals surface area contributed by atoms with Crippen LogP contribution in [-0.4, -0.2) is 25.9 Å². The standard InChI is InChI=1S/C14H9BrClF3N4OS/c1-7-11(6-20)22-23(13(7)21-2-3-25-24)12-9(15)4-8(5-10(12)16)14(17,18)19/h3-5,21H,2H2,1H3. The number of hydrogen-bond donors (Lipinski definition) is 1. The van der Waals surface area contributed by atoms with E-state index >= 15 is 0 Å². The van der Waals surface area contributed by atoms with Crippen LogP contribution in [0.3, 0.4) is 0 Å². The van der Waals surface area contributed by atoms with Crippen molar-refractivity contribution in [3.8, 4) is 11.8 Å². The van der Waals surface area contributed by atoms with E-state index in [1.807, 2.05) is 6.07 Å². The first-order valence-electron chi connectivity index (χ1n) is 6.61. The maximum absolute atomic E-state index is 12.9. The molecule has 0 bridgehead atoms. The highest BCUT2D eigenvalue weighted by atomic mass is 79.9. The molecule has 0 atom stereocenters. The molecular formula is C14H9BrClF3N4OS. The Balaban J connectivity index is 2.66. The number of nitrogens with zero attached hydrogens (tertiary/aromatic N) is 3. The van der Waals surface area contributed by atoms with Crippen molar-refractivity contribution in [1.82, 2.24) is 9.78 Å². The Morgan fingerprint density at radius 3 is 2.72 bits per heavy atom. The van der Waals surface area contributed by atoms with Crippen LogP contribution in [0.25, 0.3) is 5.69 Å². The first-order valence-corrected chi connectivity index (χ1v) is 8.58. The van der Waals surface area contributed by atoms with Crippen molar-refractivity contribution in [3.63, 3.8) is 0 Å². The Kier molecular flexibility index (Phi) is 5.92. The van der Waals surface area contributed by atoms with E-state index in [0.29, 0.717) is 11.4 Å². The molecule has 0 spiro atoms. The Bertz CT molecular complexity index is 893. The predicted molar refractivity (Wildman–Crippen MR) is 93.4 cm³/mol. The molecule has 0 fully saturated rings. The average molecular weight is 454 g/mol. The van der Waals surface area contributed by atoms with Gasteiger partial charge in [0, 0.05) is 21.9 Å². The molecule has 0 unspecified atom stereocenters. The average Bonchev–Trinajstić information content (AvgIpc) is 2.82. The number of halogens is 5. The summed E-state index contributed by atoms with van der Waals surface area (Å²) in [5.41, 5.74) is -0.200. The zero-order valence-electron chi connectivity index (χ0n) is 12.5. The lowest BCUT2D eigenvalue weighted by molar-refractivity contribution is -0.137. The van der Waals surface area contributed by atoms with Crippen LogP contribution in [0.4, 0.5) is 19.0 Å². The van der Waals surface area contributed by atoms with E-state index in [4.69, 9.17) is 16.9 Å². The molecule has 2 rings (SSSR count). The van der Waals surface area contributed by atoms with Crippen molar-refractivity contribution in [2.24, 2.45) is 0 Å². The van der Waals surface area contributed by atoms with Gasteiger partial charge < -0.3 is 5.32 Å². The molecule has 25 heavy (non-hydrogen) atoms. The third-order valence-corrected chi connectivity index (χ3v) is 4.40. The molecular weight excluding hydrogens is 445 g/mol.